The monoisotopic (exact) mass is 509 g/mol. The highest BCUT2D eigenvalue weighted by atomic mass is 16.7. The molecule has 0 heterocycles. The highest BCUT2D eigenvalue weighted by Gasteiger charge is 2.38. The number of methoxy groups -OCH3 is 1. The van der Waals surface area contributed by atoms with Crippen LogP contribution in [0.5, 0.6) is 11.5 Å². The Labute approximate surface area is 212 Å². The van der Waals surface area contributed by atoms with E-state index in [1.165, 1.54) is 19.2 Å². The Morgan fingerprint density at radius 2 is 1.44 bits per heavy atom. The molecule has 0 aromatic heterocycles. The predicted octanol–water partition coefficient (Wildman–Crippen LogP) is 3.81. The Kier molecular flexibility index (Phi) is 11.9. The lowest BCUT2D eigenvalue weighted by Crippen LogP contribution is -2.53. The van der Waals surface area contributed by atoms with Crippen LogP contribution in [0.15, 0.2) is 18.2 Å². The van der Waals surface area contributed by atoms with Gasteiger partial charge in [-0.1, -0.05) is 47.6 Å². The van der Waals surface area contributed by atoms with Gasteiger partial charge in [0.15, 0.2) is 11.5 Å². The number of carbonyl (C=O) groups is 4. The molecule has 1 rings (SSSR count). The SMILES string of the molecule is COC(=O)C(N)(Cc1ccc(OC(=O)C(C)C)c(OC(=O)C(C)C)c1)C[C@H](C)OC(=O)OCC(C)C. The molecule has 0 saturated heterocycles. The van der Waals surface area contributed by atoms with Crippen LogP contribution in [0.25, 0.3) is 0 Å². The fourth-order valence-corrected chi connectivity index (χ4v) is 3.06. The van der Waals surface area contributed by atoms with Gasteiger partial charge in [0.05, 0.1) is 25.6 Å². The first kappa shape index (κ1) is 30.9. The number of carbonyl (C=O) groups excluding carboxylic acids is 4. The lowest BCUT2D eigenvalue weighted by Gasteiger charge is -2.29. The lowest BCUT2D eigenvalue weighted by molar-refractivity contribution is -0.148. The van der Waals surface area contributed by atoms with Crippen molar-refractivity contribution in [3.8, 4) is 11.5 Å². The normalized spacial score (nSPS) is 13.7. The Morgan fingerprint density at radius 1 is 0.889 bits per heavy atom. The average Bonchev–Trinajstić information content (AvgIpc) is 2.78. The van der Waals surface area contributed by atoms with Gasteiger partial charge in [0.25, 0.3) is 0 Å². The van der Waals surface area contributed by atoms with Crippen LogP contribution in [-0.2, 0) is 35.0 Å². The Bertz CT molecular complexity index is 926. The summed E-state index contributed by atoms with van der Waals surface area (Å²) in [5.41, 5.74) is 5.37. The van der Waals surface area contributed by atoms with E-state index < -0.39 is 47.5 Å². The Balaban J connectivity index is 3.19. The predicted molar refractivity (Wildman–Crippen MR) is 131 cm³/mol. The van der Waals surface area contributed by atoms with Crippen molar-refractivity contribution < 1.29 is 42.9 Å². The minimum Gasteiger partial charge on any atom is -0.468 e. The first-order valence-electron chi connectivity index (χ1n) is 12.0. The van der Waals surface area contributed by atoms with E-state index in [-0.39, 0.29) is 36.9 Å². The number of rotatable bonds is 12. The number of hydrogen-bond donors (Lipinski definition) is 1. The molecule has 1 unspecified atom stereocenters. The molecule has 0 amide bonds. The van der Waals surface area contributed by atoms with Gasteiger partial charge in [-0.2, -0.15) is 0 Å². The summed E-state index contributed by atoms with van der Waals surface area (Å²) in [6.07, 6.45) is -1.73. The number of ether oxygens (including phenoxy) is 5. The van der Waals surface area contributed by atoms with Crippen LogP contribution in [0.4, 0.5) is 4.79 Å². The van der Waals surface area contributed by atoms with Crippen molar-refractivity contribution in [1.29, 1.82) is 0 Å². The van der Waals surface area contributed by atoms with Gasteiger partial charge in [0.1, 0.15) is 11.6 Å². The highest BCUT2D eigenvalue weighted by molar-refractivity contribution is 5.81. The van der Waals surface area contributed by atoms with Crippen LogP contribution in [-0.4, -0.2) is 49.4 Å². The molecule has 2 N–H and O–H groups in total. The van der Waals surface area contributed by atoms with E-state index in [1.54, 1.807) is 40.7 Å². The van der Waals surface area contributed by atoms with E-state index in [9.17, 15) is 19.2 Å². The van der Waals surface area contributed by atoms with Crippen LogP contribution in [0, 0.1) is 17.8 Å². The number of nitrogens with two attached hydrogens (primary N) is 1. The second-order valence-corrected chi connectivity index (χ2v) is 9.84. The lowest BCUT2D eigenvalue weighted by atomic mass is 9.86. The summed E-state index contributed by atoms with van der Waals surface area (Å²) >= 11 is 0. The standard InChI is InChI=1S/C26H39NO9/c1-15(2)14-33-25(31)34-18(7)12-26(27,24(30)32-8)13-19-9-10-20(35-22(28)16(3)4)21(11-19)36-23(29)17(5)6/h9-11,15-18H,12-14,27H2,1-8H3/t18-,26?/m0/s1. The van der Waals surface area contributed by atoms with Gasteiger partial charge in [-0.25, -0.2) is 4.79 Å². The van der Waals surface area contributed by atoms with Crippen molar-refractivity contribution in [2.45, 2.75) is 73.0 Å². The Morgan fingerprint density at radius 3 is 1.94 bits per heavy atom. The molecular weight excluding hydrogens is 470 g/mol. The van der Waals surface area contributed by atoms with Gasteiger partial charge in [0.2, 0.25) is 0 Å². The molecule has 0 aliphatic heterocycles. The number of benzene rings is 1. The first-order chi connectivity index (χ1) is 16.7. The molecule has 0 saturated carbocycles. The Hall–Kier alpha value is -3.14. The molecule has 202 valence electrons. The largest absolute Gasteiger partial charge is 0.508 e. The van der Waals surface area contributed by atoms with Gasteiger partial charge in [0, 0.05) is 12.8 Å². The molecule has 36 heavy (non-hydrogen) atoms. The maximum absolute atomic E-state index is 12.6. The van der Waals surface area contributed by atoms with E-state index in [2.05, 4.69) is 0 Å². The fourth-order valence-electron chi connectivity index (χ4n) is 3.06. The third-order valence-corrected chi connectivity index (χ3v) is 4.97. The molecular formula is C26H39NO9. The van der Waals surface area contributed by atoms with Crippen molar-refractivity contribution in [3.63, 3.8) is 0 Å². The van der Waals surface area contributed by atoms with E-state index in [0.717, 1.165) is 0 Å². The van der Waals surface area contributed by atoms with Crippen molar-refractivity contribution in [1.82, 2.24) is 0 Å². The zero-order chi connectivity index (χ0) is 27.6. The highest BCUT2D eigenvalue weighted by Crippen LogP contribution is 2.32. The minimum atomic E-state index is -1.58. The van der Waals surface area contributed by atoms with Crippen LogP contribution in [0.2, 0.25) is 0 Å². The second kappa shape index (κ2) is 13.8. The van der Waals surface area contributed by atoms with Crippen LogP contribution in [0.3, 0.4) is 0 Å². The molecule has 1 aromatic rings. The molecule has 0 fully saturated rings. The maximum atomic E-state index is 12.6. The van der Waals surface area contributed by atoms with Crippen LogP contribution < -0.4 is 15.2 Å². The first-order valence-corrected chi connectivity index (χ1v) is 12.0. The molecule has 0 radical (unpaired) electrons. The molecule has 10 heteroatoms. The van der Waals surface area contributed by atoms with Gasteiger partial charge >= 0.3 is 24.1 Å². The summed E-state index contributed by atoms with van der Waals surface area (Å²) in [5.74, 6) is -2.35. The summed E-state index contributed by atoms with van der Waals surface area (Å²) in [7, 11) is 1.21. The number of esters is 3. The zero-order valence-electron chi connectivity index (χ0n) is 22.4. The fraction of sp³-hybridized carbons (Fsp3) is 0.615. The quantitative estimate of drug-likeness (QED) is 0.327. The van der Waals surface area contributed by atoms with Crippen LogP contribution >= 0.6 is 0 Å². The van der Waals surface area contributed by atoms with Gasteiger partial charge in [-0.3, -0.25) is 14.4 Å². The average molecular weight is 510 g/mol. The molecule has 0 bridgehead atoms. The summed E-state index contributed by atoms with van der Waals surface area (Å²) < 4.78 is 26.0. The summed E-state index contributed by atoms with van der Waals surface area (Å²) in [6, 6.07) is 4.55. The van der Waals surface area contributed by atoms with Crippen LogP contribution in [0.1, 0.15) is 60.5 Å². The van der Waals surface area contributed by atoms with Crippen molar-refractivity contribution in [2.24, 2.45) is 23.5 Å². The third kappa shape index (κ3) is 9.85. The van der Waals surface area contributed by atoms with Crippen molar-refractivity contribution in [3.05, 3.63) is 23.8 Å². The zero-order valence-corrected chi connectivity index (χ0v) is 22.4. The van der Waals surface area contributed by atoms with Gasteiger partial charge in [-0.15, -0.1) is 0 Å². The van der Waals surface area contributed by atoms with Crippen molar-refractivity contribution in [2.75, 3.05) is 13.7 Å². The van der Waals surface area contributed by atoms with E-state index in [0.29, 0.717) is 5.56 Å². The molecule has 0 spiro atoms. The summed E-state index contributed by atoms with van der Waals surface area (Å²) in [4.78, 5) is 48.9. The van der Waals surface area contributed by atoms with E-state index in [4.69, 9.17) is 29.4 Å². The topological polar surface area (TPSA) is 140 Å². The van der Waals surface area contributed by atoms with E-state index in [1.807, 2.05) is 13.8 Å². The summed E-state index contributed by atoms with van der Waals surface area (Å²) in [5, 5.41) is 0. The molecule has 10 nitrogen and oxygen atoms in total. The molecule has 0 aliphatic rings. The molecule has 1 aromatic carbocycles. The number of hydrogen-bond acceptors (Lipinski definition) is 10. The van der Waals surface area contributed by atoms with Crippen molar-refractivity contribution >= 4 is 24.1 Å². The summed E-state index contributed by atoms with van der Waals surface area (Å²) in [6.45, 7) is 12.3. The smallest absolute Gasteiger partial charge is 0.468 e. The second-order valence-electron chi connectivity index (χ2n) is 9.84. The van der Waals surface area contributed by atoms with E-state index >= 15 is 0 Å². The molecule has 2 atom stereocenters. The van der Waals surface area contributed by atoms with Gasteiger partial charge in [-0.05, 0) is 30.5 Å². The molecule has 0 aliphatic carbocycles. The minimum absolute atomic E-state index is 0.0222. The maximum Gasteiger partial charge on any atom is 0.508 e. The van der Waals surface area contributed by atoms with Gasteiger partial charge < -0.3 is 29.4 Å². The third-order valence-electron chi connectivity index (χ3n) is 4.97.